The molecule has 0 N–H and O–H groups in total. The van der Waals surface area contributed by atoms with Gasteiger partial charge in [-0.25, -0.2) is 4.57 Å². The van der Waals surface area contributed by atoms with Crippen molar-refractivity contribution in [2.24, 2.45) is 7.05 Å². The number of rotatable bonds is 3. The van der Waals surface area contributed by atoms with Crippen molar-refractivity contribution in [1.29, 1.82) is 0 Å². The van der Waals surface area contributed by atoms with Crippen molar-refractivity contribution in [3.05, 3.63) is 42.0 Å². The number of nitrogens with zero attached hydrogens (tertiary/aromatic N) is 3. The van der Waals surface area contributed by atoms with Crippen molar-refractivity contribution in [2.75, 3.05) is 13.1 Å². The Balaban J connectivity index is 1.77. The summed E-state index contributed by atoms with van der Waals surface area (Å²) in [6.45, 7) is 1.03. The topological polar surface area (TPSA) is 46.2 Å². The molecule has 2 aliphatic rings. The molecule has 2 heterocycles. The number of hydrogen-bond acceptors (Lipinski definition) is 2. The van der Waals surface area contributed by atoms with Crippen LogP contribution in [0.2, 0.25) is 0 Å². The fraction of sp³-hybridized carbons (Fsp3) is 0.500. The van der Waals surface area contributed by atoms with E-state index in [0.29, 0.717) is 13.1 Å². The molecule has 1 aliphatic carbocycles. The van der Waals surface area contributed by atoms with Crippen LogP contribution in [0.5, 0.6) is 0 Å². The molecule has 1 aliphatic heterocycles. The number of hydrogen-bond donors (Lipinski definition) is 0. The maximum absolute atomic E-state index is 12.5. The number of aromatic nitrogens is 2. The second kappa shape index (κ2) is 5.18. The highest BCUT2D eigenvalue weighted by molar-refractivity contribution is 7.87. The molecule has 0 saturated carbocycles. The minimum Gasteiger partial charge on any atom is -0.238 e. The van der Waals surface area contributed by atoms with E-state index in [2.05, 4.69) is 12.2 Å². The smallest absolute Gasteiger partial charge is 0.238 e. The van der Waals surface area contributed by atoms with Crippen molar-refractivity contribution >= 4 is 10.2 Å². The fourth-order valence-corrected chi connectivity index (χ4v) is 4.14. The average Bonchev–Trinajstić information content (AvgIpc) is 3.10. The van der Waals surface area contributed by atoms with Gasteiger partial charge in [0.15, 0.2) is 0 Å². The first-order valence-corrected chi connectivity index (χ1v) is 8.39. The third-order valence-corrected chi connectivity index (χ3v) is 5.70. The zero-order valence-electron chi connectivity index (χ0n) is 11.7. The highest BCUT2D eigenvalue weighted by atomic mass is 32.2. The second-order valence-electron chi connectivity index (χ2n) is 5.38. The molecule has 3 rings (SSSR count). The summed E-state index contributed by atoms with van der Waals surface area (Å²) in [5, 5.41) is 0. The molecule has 0 atom stereocenters. The molecule has 0 aromatic carbocycles. The summed E-state index contributed by atoms with van der Waals surface area (Å²) in [5.41, 5.74) is 2.77. The van der Waals surface area contributed by atoms with E-state index in [9.17, 15) is 8.42 Å². The van der Waals surface area contributed by atoms with E-state index in [1.807, 2.05) is 7.05 Å². The first-order chi connectivity index (χ1) is 9.57. The molecule has 108 valence electrons. The molecule has 0 bridgehead atoms. The molecule has 0 saturated heterocycles. The van der Waals surface area contributed by atoms with Crippen LogP contribution in [0, 0.1) is 0 Å². The number of aryl methyl sites for hydroxylation is 1. The van der Waals surface area contributed by atoms with Crippen LogP contribution in [0.4, 0.5) is 0 Å². The van der Waals surface area contributed by atoms with E-state index in [1.54, 1.807) is 23.3 Å². The summed E-state index contributed by atoms with van der Waals surface area (Å²) < 4.78 is 29.5. The van der Waals surface area contributed by atoms with Crippen LogP contribution < -0.4 is 4.57 Å². The van der Waals surface area contributed by atoms with Gasteiger partial charge in [0, 0.05) is 13.1 Å². The lowest BCUT2D eigenvalue weighted by Crippen LogP contribution is -2.39. The monoisotopic (exact) mass is 294 g/mol. The van der Waals surface area contributed by atoms with Gasteiger partial charge in [-0.05, 0) is 36.8 Å². The Labute approximate surface area is 120 Å². The molecule has 0 radical (unpaired) electrons. The molecule has 5 nitrogen and oxygen atoms in total. The summed E-state index contributed by atoms with van der Waals surface area (Å²) in [7, 11) is -1.61. The predicted molar refractivity (Wildman–Crippen MR) is 76.1 cm³/mol. The van der Waals surface area contributed by atoms with Gasteiger partial charge < -0.3 is 0 Å². The van der Waals surface area contributed by atoms with Crippen LogP contribution >= 0.6 is 0 Å². The minimum atomic E-state index is -3.42. The molecular formula is C14H20N3O2S+. The van der Waals surface area contributed by atoms with Gasteiger partial charge in [-0.3, -0.25) is 0 Å². The third kappa shape index (κ3) is 2.45. The van der Waals surface area contributed by atoms with Crippen molar-refractivity contribution in [3.8, 4) is 0 Å². The van der Waals surface area contributed by atoms with Crippen LogP contribution in [-0.4, -0.2) is 29.8 Å². The van der Waals surface area contributed by atoms with Gasteiger partial charge in [-0.2, -0.15) is 12.7 Å². The van der Waals surface area contributed by atoms with Crippen LogP contribution in [0.15, 0.2) is 42.0 Å². The average molecular weight is 294 g/mol. The van der Waals surface area contributed by atoms with Crippen LogP contribution in [-0.2, 0) is 17.3 Å². The quantitative estimate of drug-likeness (QED) is 0.785. The largest absolute Gasteiger partial charge is 0.380 e. The van der Waals surface area contributed by atoms with Gasteiger partial charge in [-0.1, -0.05) is 12.2 Å². The first kappa shape index (κ1) is 13.6. The van der Waals surface area contributed by atoms with Gasteiger partial charge in [0.1, 0.15) is 12.4 Å². The zero-order chi connectivity index (χ0) is 14.2. The summed E-state index contributed by atoms with van der Waals surface area (Å²) in [6.07, 6.45) is 13.6. The second-order valence-corrected chi connectivity index (χ2v) is 7.21. The van der Waals surface area contributed by atoms with Gasteiger partial charge in [0.25, 0.3) is 6.33 Å². The Bertz CT molecular complexity index is 670. The molecular weight excluding hydrogens is 274 g/mol. The highest BCUT2D eigenvalue weighted by Gasteiger charge is 2.30. The molecule has 1 aromatic heterocycles. The number of allylic oxidation sites excluding steroid dienone is 2. The standard InChI is InChI=1S/C14H20N3O2S/c1-15-10-11-17(12-15)20(18,19)16-8-6-14(7-9-16)13-4-2-3-5-13/h4,6,10-12H,2-3,5,7-9H2,1H3/q+1. The normalized spacial score (nSPS) is 20.9. The zero-order valence-corrected chi connectivity index (χ0v) is 12.5. The van der Waals surface area contributed by atoms with Crippen LogP contribution in [0.3, 0.4) is 0 Å². The maximum Gasteiger partial charge on any atom is 0.380 e. The van der Waals surface area contributed by atoms with E-state index in [-0.39, 0.29) is 0 Å². The Morgan fingerprint density at radius 2 is 2.00 bits per heavy atom. The molecule has 6 heteroatoms. The molecule has 0 amide bonds. The summed E-state index contributed by atoms with van der Waals surface area (Å²) in [5.74, 6) is 0. The lowest BCUT2D eigenvalue weighted by molar-refractivity contribution is -0.670. The van der Waals surface area contributed by atoms with Gasteiger partial charge >= 0.3 is 10.2 Å². The Kier molecular flexibility index (Phi) is 3.52. The minimum absolute atomic E-state index is 0.469. The maximum atomic E-state index is 12.5. The van der Waals surface area contributed by atoms with E-state index in [0.717, 1.165) is 19.3 Å². The van der Waals surface area contributed by atoms with E-state index in [4.69, 9.17) is 0 Å². The van der Waals surface area contributed by atoms with E-state index < -0.39 is 10.2 Å². The lowest BCUT2D eigenvalue weighted by atomic mass is 10.00. The van der Waals surface area contributed by atoms with E-state index >= 15 is 0 Å². The molecule has 0 spiro atoms. The van der Waals surface area contributed by atoms with Crippen LogP contribution in [0.1, 0.15) is 25.7 Å². The predicted octanol–water partition coefficient (Wildman–Crippen LogP) is 1.15. The summed E-state index contributed by atoms with van der Waals surface area (Å²) >= 11 is 0. The first-order valence-electron chi connectivity index (χ1n) is 7.00. The Morgan fingerprint density at radius 1 is 1.20 bits per heavy atom. The SMILES string of the molecule is C[n+]1ccn(S(=O)(=O)N2CC=C(C3=CCCC3)CC2)c1. The number of imidazole rings is 1. The van der Waals surface area contributed by atoms with Crippen molar-refractivity contribution in [2.45, 2.75) is 25.7 Å². The van der Waals surface area contributed by atoms with Gasteiger partial charge in [0.2, 0.25) is 0 Å². The molecule has 1 aromatic rings. The van der Waals surface area contributed by atoms with Gasteiger partial charge in [0.05, 0.1) is 7.05 Å². The summed E-state index contributed by atoms with van der Waals surface area (Å²) in [6, 6.07) is 0. The third-order valence-electron chi connectivity index (χ3n) is 3.96. The Morgan fingerprint density at radius 3 is 2.55 bits per heavy atom. The Hall–Kier alpha value is -1.40. The highest BCUT2D eigenvalue weighted by Crippen LogP contribution is 2.29. The molecule has 0 unspecified atom stereocenters. The lowest BCUT2D eigenvalue weighted by Gasteiger charge is -2.24. The van der Waals surface area contributed by atoms with Crippen LogP contribution in [0.25, 0.3) is 0 Å². The van der Waals surface area contributed by atoms with E-state index in [1.165, 1.54) is 25.8 Å². The summed E-state index contributed by atoms with van der Waals surface area (Å²) in [4.78, 5) is 0. The fourth-order valence-electron chi connectivity index (χ4n) is 2.81. The van der Waals surface area contributed by atoms with Crippen molar-refractivity contribution < 1.29 is 13.0 Å². The molecule has 0 fully saturated rings. The van der Waals surface area contributed by atoms with Crippen molar-refractivity contribution in [3.63, 3.8) is 0 Å². The van der Waals surface area contributed by atoms with Crippen molar-refractivity contribution in [1.82, 2.24) is 8.28 Å². The molecule has 20 heavy (non-hydrogen) atoms. The van der Waals surface area contributed by atoms with Gasteiger partial charge in [-0.15, -0.1) is 3.97 Å².